The number of thioether (sulfide) groups is 1. The fourth-order valence-corrected chi connectivity index (χ4v) is 2.07. The van der Waals surface area contributed by atoms with Crippen LogP contribution in [0.15, 0.2) is 17.0 Å². The highest BCUT2D eigenvalue weighted by Gasteiger charge is 2.19. The van der Waals surface area contributed by atoms with Crippen LogP contribution >= 0.6 is 11.8 Å². The average Bonchev–Trinajstić information content (AvgIpc) is 2.19. The molecule has 0 bridgehead atoms. The number of ether oxygens (including phenoxy) is 1. The van der Waals surface area contributed by atoms with E-state index < -0.39 is 17.7 Å². The van der Waals surface area contributed by atoms with Crippen molar-refractivity contribution in [3.63, 3.8) is 0 Å². The molecule has 0 atom stereocenters. The van der Waals surface area contributed by atoms with E-state index in [1.54, 1.807) is 0 Å². The van der Waals surface area contributed by atoms with Crippen molar-refractivity contribution in [2.75, 3.05) is 11.1 Å². The van der Waals surface area contributed by atoms with Crippen LogP contribution in [0.2, 0.25) is 0 Å². The molecule has 1 aromatic rings. The summed E-state index contributed by atoms with van der Waals surface area (Å²) in [6, 6.07) is 2.29. The number of fused-ring (bicyclic) bond motifs is 1. The Kier molecular flexibility index (Phi) is 2.69. The van der Waals surface area contributed by atoms with E-state index in [4.69, 9.17) is 5.11 Å². The third-order valence-corrected chi connectivity index (χ3v) is 2.92. The zero-order chi connectivity index (χ0) is 11.7. The Labute approximate surface area is 93.6 Å². The minimum atomic E-state index is -1.60. The molecule has 0 spiro atoms. The van der Waals surface area contributed by atoms with Crippen LogP contribution in [0.25, 0.3) is 0 Å². The van der Waals surface area contributed by atoms with Gasteiger partial charge in [0.05, 0.1) is 11.4 Å². The molecule has 0 unspecified atom stereocenters. The van der Waals surface area contributed by atoms with Crippen LogP contribution in [-0.4, -0.2) is 22.9 Å². The summed E-state index contributed by atoms with van der Waals surface area (Å²) in [5.74, 6) is -1.20. The lowest BCUT2D eigenvalue weighted by Gasteiger charge is -2.16. The number of amides is 1. The van der Waals surface area contributed by atoms with Gasteiger partial charge in [-0.3, -0.25) is 4.79 Å². The topological polar surface area (TPSA) is 75.6 Å². The quantitative estimate of drug-likeness (QED) is 0.582. The monoisotopic (exact) mass is 243 g/mol. The lowest BCUT2D eigenvalue weighted by Crippen LogP contribution is -2.19. The van der Waals surface area contributed by atoms with Gasteiger partial charge in [-0.25, -0.2) is 9.18 Å². The van der Waals surface area contributed by atoms with Crippen molar-refractivity contribution in [3.05, 3.63) is 17.9 Å². The van der Waals surface area contributed by atoms with Crippen molar-refractivity contribution in [2.45, 2.75) is 4.90 Å². The van der Waals surface area contributed by atoms with E-state index in [-0.39, 0.29) is 11.7 Å². The number of carboxylic acid groups (broad SMARTS) is 1. The number of carbonyl (C=O) groups is 2. The van der Waals surface area contributed by atoms with Crippen LogP contribution in [0.1, 0.15) is 0 Å². The van der Waals surface area contributed by atoms with Crippen molar-refractivity contribution in [2.24, 2.45) is 0 Å². The summed E-state index contributed by atoms with van der Waals surface area (Å²) in [5.41, 5.74) is 0.360. The molecule has 1 amide bonds. The molecule has 7 heteroatoms. The minimum absolute atomic E-state index is 0.214. The summed E-state index contributed by atoms with van der Waals surface area (Å²) in [4.78, 5) is 21.9. The SMILES string of the molecule is O=C1CSc2cc(F)c(OC(=O)O)cc2N1. The van der Waals surface area contributed by atoms with Gasteiger partial charge in [-0.1, -0.05) is 0 Å². The highest BCUT2D eigenvalue weighted by molar-refractivity contribution is 8.00. The van der Waals surface area contributed by atoms with Crippen molar-refractivity contribution < 1.29 is 23.8 Å². The molecule has 5 nitrogen and oxygen atoms in total. The predicted octanol–water partition coefficient (Wildman–Crippen LogP) is 1.93. The summed E-state index contributed by atoms with van der Waals surface area (Å²) < 4.78 is 17.5. The molecule has 1 aromatic carbocycles. The maximum absolute atomic E-state index is 13.3. The largest absolute Gasteiger partial charge is 0.511 e. The molecule has 0 aromatic heterocycles. The van der Waals surface area contributed by atoms with Gasteiger partial charge in [0.15, 0.2) is 11.6 Å². The molecule has 0 aliphatic carbocycles. The number of hydrogen-bond acceptors (Lipinski definition) is 4. The van der Waals surface area contributed by atoms with Gasteiger partial charge in [-0.15, -0.1) is 11.8 Å². The zero-order valence-electron chi connectivity index (χ0n) is 7.82. The highest BCUT2D eigenvalue weighted by Crippen LogP contribution is 2.36. The molecule has 0 fully saturated rings. The molecule has 0 radical (unpaired) electrons. The summed E-state index contributed by atoms with van der Waals surface area (Å²) in [6.45, 7) is 0. The van der Waals surface area contributed by atoms with E-state index in [9.17, 15) is 14.0 Å². The molecule has 0 saturated carbocycles. The summed E-state index contributed by atoms with van der Waals surface area (Å²) in [5, 5.41) is 10.9. The second kappa shape index (κ2) is 4.01. The number of benzene rings is 1. The van der Waals surface area contributed by atoms with Crippen molar-refractivity contribution >= 4 is 29.5 Å². The van der Waals surface area contributed by atoms with Crippen molar-refractivity contribution in [1.82, 2.24) is 0 Å². The first-order valence-electron chi connectivity index (χ1n) is 4.23. The fourth-order valence-electron chi connectivity index (χ4n) is 1.25. The van der Waals surface area contributed by atoms with Crippen LogP contribution in [0.3, 0.4) is 0 Å². The van der Waals surface area contributed by atoms with Crippen LogP contribution < -0.4 is 10.1 Å². The van der Waals surface area contributed by atoms with Crippen LogP contribution in [0.4, 0.5) is 14.9 Å². The van der Waals surface area contributed by atoms with E-state index in [2.05, 4.69) is 10.1 Å². The van der Waals surface area contributed by atoms with Gasteiger partial charge < -0.3 is 15.2 Å². The van der Waals surface area contributed by atoms with E-state index in [0.29, 0.717) is 10.6 Å². The molecule has 2 N–H and O–H groups in total. The molecule has 0 saturated heterocycles. The van der Waals surface area contributed by atoms with Gasteiger partial charge >= 0.3 is 6.16 Å². The standard InChI is InChI=1S/C9H6FNO4S/c10-4-1-7-5(11-8(12)3-16-7)2-6(4)15-9(13)14/h1-2H,3H2,(H,11,12)(H,13,14). The van der Waals surface area contributed by atoms with E-state index >= 15 is 0 Å². The van der Waals surface area contributed by atoms with E-state index in [1.807, 2.05) is 0 Å². The zero-order valence-corrected chi connectivity index (χ0v) is 8.64. The maximum Gasteiger partial charge on any atom is 0.511 e. The molecule has 16 heavy (non-hydrogen) atoms. The molecule has 1 heterocycles. The first-order chi connectivity index (χ1) is 7.56. The van der Waals surface area contributed by atoms with Crippen molar-refractivity contribution in [3.8, 4) is 5.75 Å². The molecular formula is C9H6FNO4S. The Morgan fingerprint density at radius 2 is 2.31 bits per heavy atom. The highest BCUT2D eigenvalue weighted by atomic mass is 32.2. The summed E-state index contributed by atoms with van der Waals surface area (Å²) in [7, 11) is 0. The summed E-state index contributed by atoms with van der Waals surface area (Å²) in [6.07, 6.45) is -1.60. The maximum atomic E-state index is 13.3. The Bertz CT molecular complexity index is 477. The predicted molar refractivity (Wildman–Crippen MR) is 54.4 cm³/mol. The minimum Gasteiger partial charge on any atom is -0.449 e. The van der Waals surface area contributed by atoms with Crippen molar-refractivity contribution in [1.29, 1.82) is 0 Å². The number of halogens is 1. The molecule has 84 valence electrons. The first-order valence-corrected chi connectivity index (χ1v) is 5.22. The third-order valence-electron chi connectivity index (χ3n) is 1.86. The lowest BCUT2D eigenvalue weighted by molar-refractivity contribution is -0.113. The average molecular weight is 243 g/mol. The van der Waals surface area contributed by atoms with Gasteiger partial charge in [0.2, 0.25) is 5.91 Å². The van der Waals surface area contributed by atoms with Gasteiger partial charge in [0.25, 0.3) is 0 Å². The van der Waals surface area contributed by atoms with Gasteiger partial charge in [0, 0.05) is 11.0 Å². The molecule has 1 aliphatic rings. The number of carbonyl (C=O) groups excluding carboxylic acids is 1. The Hall–Kier alpha value is -1.76. The van der Waals surface area contributed by atoms with E-state index in [1.165, 1.54) is 11.8 Å². The Morgan fingerprint density at radius 1 is 1.56 bits per heavy atom. The number of rotatable bonds is 1. The fraction of sp³-hybridized carbons (Fsp3) is 0.111. The smallest absolute Gasteiger partial charge is 0.449 e. The second-order valence-electron chi connectivity index (χ2n) is 2.98. The molecule has 2 rings (SSSR count). The van der Waals surface area contributed by atoms with Crippen LogP contribution in [0.5, 0.6) is 5.75 Å². The second-order valence-corrected chi connectivity index (χ2v) is 4.00. The van der Waals surface area contributed by atoms with Crippen LogP contribution in [-0.2, 0) is 4.79 Å². The normalized spacial score (nSPS) is 13.9. The Balaban J connectivity index is 2.38. The van der Waals surface area contributed by atoms with Crippen LogP contribution in [0, 0.1) is 5.82 Å². The van der Waals surface area contributed by atoms with Gasteiger partial charge in [-0.2, -0.15) is 0 Å². The lowest BCUT2D eigenvalue weighted by atomic mass is 10.2. The van der Waals surface area contributed by atoms with Gasteiger partial charge in [0.1, 0.15) is 0 Å². The number of anilines is 1. The summed E-state index contributed by atoms with van der Waals surface area (Å²) >= 11 is 1.18. The Morgan fingerprint density at radius 3 is 3.00 bits per heavy atom. The molecule has 1 aliphatic heterocycles. The number of hydrogen-bond donors (Lipinski definition) is 2. The molecular weight excluding hydrogens is 237 g/mol. The van der Waals surface area contributed by atoms with E-state index in [0.717, 1.165) is 12.1 Å². The van der Waals surface area contributed by atoms with Gasteiger partial charge in [-0.05, 0) is 6.07 Å². The third kappa shape index (κ3) is 2.08. The first kappa shape index (κ1) is 10.7. The number of nitrogens with one attached hydrogen (secondary N) is 1.